The monoisotopic (exact) mass is 544 g/mol. The van der Waals surface area contributed by atoms with Crippen molar-refractivity contribution in [2.45, 2.75) is 25.4 Å². The number of nitrogens with one attached hydrogen (secondary N) is 2. The van der Waals surface area contributed by atoms with Crippen LogP contribution < -0.4 is 24.8 Å². The second kappa shape index (κ2) is 12.7. The molecule has 1 aromatic heterocycles. The predicted molar refractivity (Wildman–Crippen MR) is 132 cm³/mol. The summed E-state index contributed by atoms with van der Waals surface area (Å²) in [5.41, 5.74) is 0.945. The van der Waals surface area contributed by atoms with Gasteiger partial charge in [0.05, 0.1) is 33.6 Å². The van der Waals surface area contributed by atoms with E-state index in [4.69, 9.17) is 18.6 Å². The van der Waals surface area contributed by atoms with E-state index in [1.54, 1.807) is 34.6 Å². The summed E-state index contributed by atoms with van der Waals surface area (Å²) in [7, 11) is 6.60. The maximum absolute atomic E-state index is 5.70. The molecule has 0 radical (unpaired) electrons. The zero-order valence-corrected chi connectivity index (χ0v) is 21.0. The predicted octanol–water partition coefficient (Wildman–Crippen LogP) is 3.43. The second-order valence-corrected chi connectivity index (χ2v) is 7.07. The molecule has 0 spiro atoms. The van der Waals surface area contributed by atoms with Crippen molar-refractivity contribution in [1.29, 1.82) is 0 Å². The van der Waals surface area contributed by atoms with Gasteiger partial charge in [0.15, 0.2) is 17.5 Å². The number of halogens is 1. The van der Waals surface area contributed by atoms with Gasteiger partial charge in [-0.15, -0.1) is 24.0 Å². The van der Waals surface area contributed by atoms with Crippen molar-refractivity contribution >= 4 is 29.9 Å². The van der Waals surface area contributed by atoms with Gasteiger partial charge in [0, 0.05) is 25.7 Å². The molecule has 31 heavy (non-hydrogen) atoms. The fourth-order valence-electron chi connectivity index (χ4n) is 3.84. The maximum atomic E-state index is 5.70. The number of aliphatic imine (C=N–C) groups is 1. The van der Waals surface area contributed by atoms with E-state index in [0.717, 1.165) is 24.4 Å². The van der Waals surface area contributed by atoms with Gasteiger partial charge in [0.1, 0.15) is 5.76 Å². The molecule has 3 rings (SSSR count). The molecule has 2 aromatic rings. The quantitative estimate of drug-likeness (QED) is 0.285. The molecule has 172 valence electrons. The zero-order valence-electron chi connectivity index (χ0n) is 18.6. The Bertz CT molecular complexity index is 823. The van der Waals surface area contributed by atoms with Gasteiger partial charge in [-0.2, -0.15) is 0 Å². The molecule has 1 saturated heterocycles. The third kappa shape index (κ3) is 6.19. The number of rotatable bonds is 9. The third-order valence-electron chi connectivity index (χ3n) is 5.37. The first kappa shape index (κ1) is 25.1. The molecule has 1 aliphatic heterocycles. The van der Waals surface area contributed by atoms with Crippen LogP contribution in [0.5, 0.6) is 17.2 Å². The molecule has 2 heterocycles. The zero-order chi connectivity index (χ0) is 21.3. The van der Waals surface area contributed by atoms with Crippen LogP contribution in [-0.2, 0) is 6.54 Å². The molecule has 1 aromatic carbocycles. The summed E-state index contributed by atoms with van der Waals surface area (Å²) >= 11 is 0. The Balaban J connectivity index is 0.00000341. The van der Waals surface area contributed by atoms with Gasteiger partial charge in [-0.25, -0.2) is 0 Å². The summed E-state index contributed by atoms with van der Waals surface area (Å²) in [4.78, 5) is 6.82. The van der Waals surface area contributed by atoms with Crippen LogP contribution in [0.3, 0.4) is 0 Å². The number of ether oxygens (including phenoxy) is 3. The van der Waals surface area contributed by atoms with Crippen LogP contribution in [0.2, 0.25) is 0 Å². The number of furan rings is 1. The van der Waals surface area contributed by atoms with Crippen molar-refractivity contribution in [2.75, 3.05) is 48.0 Å². The van der Waals surface area contributed by atoms with Crippen LogP contribution in [0.1, 0.15) is 30.2 Å². The molecule has 1 fully saturated rings. The van der Waals surface area contributed by atoms with Gasteiger partial charge in [-0.3, -0.25) is 9.89 Å². The van der Waals surface area contributed by atoms with Gasteiger partial charge >= 0.3 is 0 Å². The van der Waals surface area contributed by atoms with E-state index in [9.17, 15) is 0 Å². The van der Waals surface area contributed by atoms with Gasteiger partial charge < -0.3 is 29.3 Å². The van der Waals surface area contributed by atoms with Crippen LogP contribution in [0, 0.1) is 0 Å². The lowest BCUT2D eigenvalue weighted by atomic mass is 10.1. The summed E-state index contributed by atoms with van der Waals surface area (Å²) in [5, 5.41) is 6.79. The Morgan fingerprint density at radius 2 is 1.81 bits per heavy atom. The first-order valence-electron chi connectivity index (χ1n) is 10.2. The number of likely N-dealkylation sites (tertiary alicyclic amines) is 1. The molecular weight excluding hydrogens is 511 g/mol. The van der Waals surface area contributed by atoms with Crippen molar-refractivity contribution < 1.29 is 18.6 Å². The maximum Gasteiger partial charge on any atom is 0.203 e. The van der Waals surface area contributed by atoms with E-state index < -0.39 is 0 Å². The van der Waals surface area contributed by atoms with E-state index in [0.29, 0.717) is 36.3 Å². The Hall–Kier alpha value is -2.14. The van der Waals surface area contributed by atoms with Crippen molar-refractivity contribution in [3.8, 4) is 17.2 Å². The Morgan fingerprint density at radius 1 is 1.06 bits per heavy atom. The van der Waals surface area contributed by atoms with Crippen molar-refractivity contribution in [2.24, 2.45) is 4.99 Å². The largest absolute Gasteiger partial charge is 0.493 e. The molecule has 1 aliphatic rings. The number of benzene rings is 1. The Labute approximate surface area is 201 Å². The minimum absolute atomic E-state index is 0. The smallest absolute Gasteiger partial charge is 0.203 e. The first-order chi connectivity index (χ1) is 14.7. The molecular formula is C22H33IN4O4. The normalized spacial score (nSPS) is 15.2. The van der Waals surface area contributed by atoms with Gasteiger partial charge in [0.2, 0.25) is 5.75 Å². The molecule has 0 aliphatic carbocycles. The van der Waals surface area contributed by atoms with E-state index in [1.165, 1.54) is 12.8 Å². The minimum Gasteiger partial charge on any atom is -0.493 e. The SMILES string of the molecule is CN=C(NCc1ccc(OC)c(OC)c1OC)NCC(c1ccco1)N1CCCC1.I. The average Bonchev–Trinajstić information content (AvgIpc) is 3.50. The van der Waals surface area contributed by atoms with Crippen molar-refractivity contribution in [1.82, 2.24) is 15.5 Å². The Morgan fingerprint density at radius 3 is 2.39 bits per heavy atom. The first-order valence-corrected chi connectivity index (χ1v) is 10.2. The lowest BCUT2D eigenvalue weighted by Crippen LogP contribution is -2.42. The summed E-state index contributed by atoms with van der Waals surface area (Å²) < 4.78 is 22.1. The standard InChI is InChI=1S/C22H32N4O4.HI/c1-23-22(24-14-16-9-10-19(27-2)21(29-4)20(16)28-3)25-15-17(18-8-7-13-30-18)26-11-5-6-12-26;/h7-10,13,17H,5-6,11-12,14-15H2,1-4H3,(H2,23,24,25);1H. The van der Waals surface area contributed by atoms with Crippen LogP contribution in [-0.4, -0.2) is 58.9 Å². The van der Waals surface area contributed by atoms with Crippen LogP contribution in [0.4, 0.5) is 0 Å². The highest BCUT2D eigenvalue weighted by atomic mass is 127. The van der Waals surface area contributed by atoms with E-state index >= 15 is 0 Å². The van der Waals surface area contributed by atoms with Crippen molar-refractivity contribution in [3.63, 3.8) is 0 Å². The van der Waals surface area contributed by atoms with Crippen LogP contribution in [0.15, 0.2) is 39.9 Å². The number of guanidine groups is 1. The van der Waals surface area contributed by atoms with Crippen molar-refractivity contribution in [3.05, 3.63) is 41.9 Å². The molecule has 0 saturated carbocycles. The molecule has 0 bridgehead atoms. The molecule has 2 N–H and O–H groups in total. The lowest BCUT2D eigenvalue weighted by Gasteiger charge is -2.26. The number of methoxy groups -OCH3 is 3. The highest BCUT2D eigenvalue weighted by Gasteiger charge is 2.25. The van der Waals surface area contributed by atoms with E-state index in [-0.39, 0.29) is 30.0 Å². The average molecular weight is 544 g/mol. The molecule has 0 amide bonds. The fourth-order valence-corrected chi connectivity index (χ4v) is 3.84. The van der Waals surface area contributed by atoms with Gasteiger partial charge in [-0.05, 0) is 50.2 Å². The van der Waals surface area contributed by atoms with Gasteiger partial charge in [0.25, 0.3) is 0 Å². The third-order valence-corrected chi connectivity index (χ3v) is 5.37. The summed E-state index contributed by atoms with van der Waals surface area (Å²) in [6.45, 7) is 3.40. The van der Waals surface area contributed by atoms with Crippen LogP contribution >= 0.6 is 24.0 Å². The molecule has 8 nitrogen and oxygen atoms in total. The number of nitrogens with zero attached hydrogens (tertiary/aromatic N) is 2. The lowest BCUT2D eigenvalue weighted by molar-refractivity contribution is 0.215. The van der Waals surface area contributed by atoms with E-state index in [1.807, 2.05) is 24.3 Å². The van der Waals surface area contributed by atoms with Crippen LogP contribution in [0.25, 0.3) is 0 Å². The van der Waals surface area contributed by atoms with E-state index in [2.05, 4.69) is 20.5 Å². The number of hydrogen-bond acceptors (Lipinski definition) is 6. The second-order valence-electron chi connectivity index (χ2n) is 7.07. The summed E-state index contributed by atoms with van der Waals surface area (Å²) in [6, 6.07) is 7.98. The molecule has 1 unspecified atom stereocenters. The topological polar surface area (TPSA) is 80.5 Å². The highest BCUT2D eigenvalue weighted by Crippen LogP contribution is 2.39. The molecule has 9 heteroatoms. The number of hydrogen-bond donors (Lipinski definition) is 2. The minimum atomic E-state index is 0. The summed E-state index contributed by atoms with van der Waals surface area (Å²) in [6.07, 6.45) is 4.18. The Kier molecular flexibility index (Phi) is 10.3. The summed E-state index contributed by atoms with van der Waals surface area (Å²) in [5.74, 6) is 3.54. The fraction of sp³-hybridized carbons (Fsp3) is 0.500. The molecule has 1 atom stereocenters. The highest BCUT2D eigenvalue weighted by molar-refractivity contribution is 14.0. The van der Waals surface area contributed by atoms with Gasteiger partial charge in [-0.1, -0.05) is 0 Å².